The van der Waals surface area contributed by atoms with Gasteiger partial charge in [0.1, 0.15) is 5.82 Å². The van der Waals surface area contributed by atoms with E-state index in [1.165, 1.54) is 11.1 Å². The van der Waals surface area contributed by atoms with Crippen LogP contribution in [0.5, 0.6) is 0 Å². The van der Waals surface area contributed by atoms with E-state index < -0.39 is 0 Å². The summed E-state index contributed by atoms with van der Waals surface area (Å²) >= 11 is 1.61. The Kier molecular flexibility index (Phi) is 2.92. The highest BCUT2D eigenvalue weighted by Crippen LogP contribution is 2.25. The number of anilines is 1. The van der Waals surface area contributed by atoms with Crippen LogP contribution in [0.4, 0.5) is 5.82 Å². The predicted octanol–water partition coefficient (Wildman–Crippen LogP) is 2.79. The Morgan fingerprint density at radius 2 is 1.81 bits per heavy atom. The van der Waals surface area contributed by atoms with Gasteiger partial charge in [-0.2, -0.15) is 5.10 Å². The van der Waals surface area contributed by atoms with Crippen molar-refractivity contribution in [2.24, 2.45) is 0 Å². The highest BCUT2D eigenvalue weighted by Gasteiger charge is 2.08. The van der Waals surface area contributed by atoms with Crippen LogP contribution in [0.2, 0.25) is 0 Å². The summed E-state index contributed by atoms with van der Waals surface area (Å²) < 4.78 is 1.78. The summed E-state index contributed by atoms with van der Waals surface area (Å²) in [6, 6.07) is 6.31. The Morgan fingerprint density at radius 1 is 1.19 bits per heavy atom. The molecule has 0 aliphatic carbocycles. The van der Waals surface area contributed by atoms with Crippen LogP contribution in [0, 0.1) is 13.8 Å². The Bertz CT molecular complexity index is 497. The molecule has 0 aliphatic rings. The Labute approximate surface area is 99.7 Å². The summed E-state index contributed by atoms with van der Waals surface area (Å²) in [6.45, 7) is 4.15. The smallest absolute Gasteiger partial charge is 0.140 e. The van der Waals surface area contributed by atoms with Gasteiger partial charge in [0.15, 0.2) is 0 Å². The molecule has 3 nitrogen and oxygen atoms in total. The van der Waals surface area contributed by atoms with E-state index in [-0.39, 0.29) is 0 Å². The molecule has 0 unspecified atom stereocenters. The highest BCUT2D eigenvalue weighted by molar-refractivity contribution is 7.98. The van der Waals surface area contributed by atoms with Crippen LogP contribution in [0.15, 0.2) is 29.3 Å². The topological polar surface area (TPSA) is 43.8 Å². The van der Waals surface area contributed by atoms with E-state index >= 15 is 0 Å². The molecule has 0 aliphatic heterocycles. The summed E-state index contributed by atoms with van der Waals surface area (Å²) in [5, 5.41) is 4.31. The van der Waals surface area contributed by atoms with Gasteiger partial charge in [-0.05, 0) is 43.4 Å². The Hall–Kier alpha value is -1.42. The quantitative estimate of drug-likeness (QED) is 0.811. The molecule has 0 spiro atoms. The molecule has 2 N–H and O–H groups in total. The second-order valence-corrected chi connectivity index (χ2v) is 4.70. The monoisotopic (exact) mass is 233 g/mol. The van der Waals surface area contributed by atoms with Gasteiger partial charge in [0.05, 0.1) is 16.8 Å². The number of hydrogen-bond acceptors (Lipinski definition) is 3. The normalized spacial score (nSPS) is 10.7. The molecule has 0 amide bonds. The van der Waals surface area contributed by atoms with Gasteiger partial charge in [-0.1, -0.05) is 6.07 Å². The van der Waals surface area contributed by atoms with E-state index in [0.717, 1.165) is 10.6 Å². The van der Waals surface area contributed by atoms with Crippen molar-refractivity contribution in [1.29, 1.82) is 0 Å². The number of aromatic nitrogens is 2. The zero-order valence-corrected chi connectivity index (χ0v) is 10.5. The highest BCUT2D eigenvalue weighted by atomic mass is 32.2. The van der Waals surface area contributed by atoms with Crippen molar-refractivity contribution in [2.45, 2.75) is 18.7 Å². The van der Waals surface area contributed by atoms with Crippen LogP contribution in [0.3, 0.4) is 0 Å². The molecule has 16 heavy (non-hydrogen) atoms. The fourth-order valence-corrected chi connectivity index (χ4v) is 2.23. The predicted molar refractivity (Wildman–Crippen MR) is 69.2 cm³/mol. The first-order chi connectivity index (χ1) is 7.61. The van der Waals surface area contributed by atoms with Crippen molar-refractivity contribution >= 4 is 17.6 Å². The number of rotatable bonds is 2. The number of thioether (sulfide) groups is 1. The number of benzene rings is 1. The van der Waals surface area contributed by atoms with Crippen LogP contribution in [-0.2, 0) is 0 Å². The average molecular weight is 233 g/mol. The number of nitrogen functional groups attached to an aromatic ring is 1. The number of aryl methyl sites for hydroxylation is 2. The van der Waals surface area contributed by atoms with Gasteiger partial charge < -0.3 is 5.73 Å². The fraction of sp³-hybridized carbons (Fsp3) is 0.250. The molecule has 84 valence electrons. The lowest BCUT2D eigenvalue weighted by Crippen LogP contribution is -2.02. The zero-order valence-electron chi connectivity index (χ0n) is 9.69. The summed E-state index contributed by atoms with van der Waals surface area (Å²) in [4.78, 5) is 1.01. The molecule has 2 rings (SSSR count). The number of nitrogens with zero attached hydrogens (tertiary/aromatic N) is 2. The molecule has 1 aromatic heterocycles. The first-order valence-electron chi connectivity index (χ1n) is 5.08. The molecule has 0 radical (unpaired) electrons. The van der Waals surface area contributed by atoms with Crippen molar-refractivity contribution in [3.8, 4) is 5.69 Å². The fourth-order valence-electron chi connectivity index (χ4n) is 1.78. The maximum absolute atomic E-state index is 6.03. The molecule has 2 aromatic rings. The number of hydrogen-bond donors (Lipinski definition) is 1. The molecule has 0 saturated heterocycles. The minimum Gasteiger partial charge on any atom is -0.383 e. The molecule has 0 saturated carbocycles. The second kappa shape index (κ2) is 4.22. The first-order valence-corrected chi connectivity index (χ1v) is 6.30. The minimum atomic E-state index is 0.706. The minimum absolute atomic E-state index is 0.706. The van der Waals surface area contributed by atoms with Crippen molar-refractivity contribution in [2.75, 3.05) is 12.0 Å². The molecule has 1 aromatic carbocycles. The van der Waals surface area contributed by atoms with Gasteiger partial charge in [-0.25, -0.2) is 4.68 Å². The third-order valence-corrected chi connectivity index (χ3v) is 3.20. The maximum Gasteiger partial charge on any atom is 0.140 e. The number of nitrogens with two attached hydrogens (primary N) is 1. The van der Waals surface area contributed by atoms with Crippen LogP contribution in [0.1, 0.15) is 11.1 Å². The summed E-state index contributed by atoms with van der Waals surface area (Å²) in [7, 11) is 0. The van der Waals surface area contributed by atoms with Crippen LogP contribution in [-0.4, -0.2) is 16.0 Å². The van der Waals surface area contributed by atoms with Crippen LogP contribution < -0.4 is 5.73 Å². The van der Waals surface area contributed by atoms with E-state index in [4.69, 9.17) is 5.73 Å². The van der Waals surface area contributed by atoms with E-state index in [0.29, 0.717) is 5.82 Å². The van der Waals surface area contributed by atoms with Crippen molar-refractivity contribution in [3.63, 3.8) is 0 Å². The lowest BCUT2D eigenvalue weighted by Gasteiger charge is -2.07. The zero-order chi connectivity index (χ0) is 11.7. The molecule has 0 fully saturated rings. The Morgan fingerprint density at radius 3 is 2.31 bits per heavy atom. The van der Waals surface area contributed by atoms with Gasteiger partial charge in [-0.15, -0.1) is 11.8 Å². The standard InChI is InChI=1S/C12H15N3S/c1-8-4-9(2)6-10(5-8)15-12(13)11(16-3)7-14-15/h4-7H,13H2,1-3H3. The molecule has 4 heteroatoms. The summed E-state index contributed by atoms with van der Waals surface area (Å²) in [6.07, 6.45) is 3.80. The van der Waals surface area contributed by atoms with Gasteiger partial charge in [0.25, 0.3) is 0 Å². The SMILES string of the molecule is CSc1cnn(-c2cc(C)cc(C)c2)c1N. The molecule has 0 atom stereocenters. The lowest BCUT2D eigenvalue weighted by atomic mass is 10.1. The molecule has 1 heterocycles. The largest absolute Gasteiger partial charge is 0.383 e. The maximum atomic E-state index is 6.03. The van der Waals surface area contributed by atoms with Gasteiger partial charge in [0.2, 0.25) is 0 Å². The van der Waals surface area contributed by atoms with Crippen molar-refractivity contribution in [1.82, 2.24) is 9.78 Å². The lowest BCUT2D eigenvalue weighted by molar-refractivity contribution is 0.888. The Balaban J connectivity index is 2.54. The molecule has 0 bridgehead atoms. The van der Waals surface area contributed by atoms with E-state index in [2.05, 4.69) is 37.1 Å². The third-order valence-electron chi connectivity index (χ3n) is 2.44. The van der Waals surface area contributed by atoms with E-state index in [1.54, 1.807) is 22.6 Å². The van der Waals surface area contributed by atoms with E-state index in [1.807, 2.05) is 6.26 Å². The average Bonchev–Trinajstić information content (AvgIpc) is 2.58. The van der Waals surface area contributed by atoms with Gasteiger partial charge in [-0.3, -0.25) is 0 Å². The van der Waals surface area contributed by atoms with Crippen molar-refractivity contribution < 1.29 is 0 Å². The third kappa shape index (κ3) is 1.93. The van der Waals surface area contributed by atoms with Crippen molar-refractivity contribution in [3.05, 3.63) is 35.5 Å². The summed E-state index contributed by atoms with van der Waals surface area (Å²) in [5.74, 6) is 0.706. The second-order valence-electron chi connectivity index (χ2n) is 3.86. The first kappa shape index (κ1) is 11.1. The van der Waals surface area contributed by atoms with E-state index in [9.17, 15) is 0 Å². The molecular weight excluding hydrogens is 218 g/mol. The van der Waals surface area contributed by atoms with Crippen LogP contribution in [0.25, 0.3) is 5.69 Å². The molecular formula is C12H15N3S. The van der Waals surface area contributed by atoms with Gasteiger partial charge >= 0.3 is 0 Å². The van der Waals surface area contributed by atoms with Gasteiger partial charge in [0, 0.05) is 0 Å². The van der Waals surface area contributed by atoms with Crippen LogP contribution >= 0.6 is 11.8 Å². The summed E-state index contributed by atoms with van der Waals surface area (Å²) in [5.41, 5.74) is 9.49.